The van der Waals surface area contributed by atoms with Crippen LogP contribution in [0.25, 0.3) is 0 Å². The Morgan fingerprint density at radius 2 is 2.00 bits per heavy atom. The highest BCUT2D eigenvalue weighted by Gasteiger charge is 2.32. The predicted octanol–water partition coefficient (Wildman–Crippen LogP) is 0.899. The number of hydrogen-bond donors (Lipinski definition) is 2. The van der Waals surface area contributed by atoms with Crippen LogP contribution in [0.2, 0.25) is 0 Å². The van der Waals surface area contributed by atoms with Crippen LogP contribution in [0.1, 0.15) is 24.2 Å². The van der Waals surface area contributed by atoms with Gasteiger partial charge in [-0.15, -0.1) is 0 Å². The van der Waals surface area contributed by atoms with Crippen LogP contribution in [0.3, 0.4) is 0 Å². The molecule has 20 heavy (non-hydrogen) atoms. The SMILES string of the molecule is CC(C)COc1cccc(C(=O)N2CC(O)C(O)C2)c1. The van der Waals surface area contributed by atoms with Gasteiger partial charge in [0.05, 0.1) is 18.8 Å². The van der Waals surface area contributed by atoms with E-state index < -0.39 is 12.2 Å². The van der Waals surface area contributed by atoms with Gasteiger partial charge < -0.3 is 19.8 Å². The largest absolute Gasteiger partial charge is 0.493 e. The molecule has 1 amide bonds. The van der Waals surface area contributed by atoms with Gasteiger partial charge in [0.2, 0.25) is 0 Å². The maximum absolute atomic E-state index is 12.3. The fourth-order valence-electron chi connectivity index (χ4n) is 2.10. The van der Waals surface area contributed by atoms with Crippen LogP contribution in [0.15, 0.2) is 24.3 Å². The van der Waals surface area contributed by atoms with E-state index in [1.165, 1.54) is 4.90 Å². The summed E-state index contributed by atoms with van der Waals surface area (Å²) >= 11 is 0. The van der Waals surface area contributed by atoms with Gasteiger partial charge in [-0.3, -0.25) is 4.79 Å². The monoisotopic (exact) mass is 279 g/mol. The summed E-state index contributed by atoms with van der Waals surface area (Å²) in [5, 5.41) is 19.0. The van der Waals surface area contributed by atoms with E-state index in [1.54, 1.807) is 18.2 Å². The molecule has 1 saturated heterocycles. The molecular formula is C15H21NO4. The van der Waals surface area contributed by atoms with Crippen LogP contribution in [0.4, 0.5) is 0 Å². The minimum atomic E-state index is -0.862. The van der Waals surface area contributed by atoms with E-state index in [9.17, 15) is 15.0 Å². The molecule has 0 spiro atoms. The number of β-amino-alcohol motifs (C(OH)–C–C–N with tert-alkyl or cyclic N) is 2. The molecule has 5 nitrogen and oxygen atoms in total. The summed E-state index contributed by atoms with van der Waals surface area (Å²) in [7, 11) is 0. The lowest BCUT2D eigenvalue weighted by Crippen LogP contribution is -2.29. The van der Waals surface area contributed by atoms with E-state index in [2.05, 4.69) is 13.8 Å². The van der Waals surface area contributed by atoms with Crippen molar-refractivity contribution < 1.29 is 19.7 Å². The smallest absolute Gasteiger partial charge is 0.254 e. The number of hydrogen-bond acceptors (Lipinski definition) is 4. The molecule has 1 aromatic carbocycles. The lowest BCUT2D eigenvalue weighted by molar-refractivity contribution is 0.0572. The van der Waals surface area contributed by atoms with Crippen molar-refractivity contribution >= 4 is 5.91 Å². The average molecular weight is 279 g/mol. The minimum absolute atomic E-state index is 0.164. The summed E-state index contributed by atoms with van der Waals surface area (Å²) in [4.78, 5) is 13.7. The summed E-state index contributed by atoms with van der Waals surface area (Å²) in [5.41, 5.74) is 0.507. The van der Waals surface area contributed by atoms with Gasteiger partial charge in [0.1, 0.15) is 5.75 Å². The molecule has 1 fully saturated rings. The third kappa shape index (κ3) is 3.49. The molecule has 0 saturated carbocycles. The number of aliphatic hydroxyl groups excluding tert-OH is 2. The lowest BCUT2D eigenvalue weighted by Gasteiger charge is -2.16. The Morgan fingerprint density at radius 1 is 1.35 bits per heavy atom. The fraction of sp³-hybridized carbons (Fsp3) is 0.533. The Kier molecular flexibility index (Phi) is 4.62. The average Bonchev–Trinajstić information content (AvgIpc) is 2.76. The zero-order valence-corrected chi connectivity index (χ0v) is 11.8. The molecule has 2 atom stereocenters. The second kappa shape index (κ2) is 6.24. The third-order valence-electron chi connectivity index (χ3n) is 3.21. The Balaban J connectivity index is 2.05. The van der Waals surface area contributed by atoms with Gasteiger partial charge in [0, 0.05) is 18.7 Å². The van der Waals surface area contributed by atoms with Crippen molar-refractivity contribution in [3.63, 3.8) is 0 Å². The predicted molar refractivity (Wildman–Crippen MR) is 74.7 cm³/mol. The summed E-state index contributed by atoms with van der Waals surface area (Å²) in [6, 6.07) is 6.99. The molecule has 5 heteroatoms. The van der Waals surface area contributed by atoms with Crippen molar-refractivity contribution in [1.29, 1.82) is 0 Å². The number of ether oxygens (including phenoxy) is 1. The molecule has 0 aliphatic carbocycles. The number of likely N-dealkylation sites (tertiary alicyclic amines) is 1. The summed E-state index contributed by atoms with van der Waals surface area (Å²) in [6.45, 7) is 5.04. The van der Waals surface area contributed by atoms with Crippen molar-refractivity contribution in [1.82, 2.24) is 4.90 Å². The van der Waals surface area contributed by atoms with Crippen molar-refractivity contribution in [2.75, 3.05) is 19.7 Å². The van der Waals surface area contributed by atoms with Crippen molar-refractivity contribution in [2.24, 2.45) is 5.92 Å². The Hall–Kier alpha value is -1.59. The maximum atomic E-state index is 12.3. The third-order valence-corrected chi connectivity index (χ3v) is 3.21. The van der Waals surface area contributed by atoms with E-state index in [0.717, 1.165) is 0 Å². The minimum Gasteiger partial charge on any atom is -0.493 e. The quantitative estimate of drug-likeness (QED) is 0.859. The zero-order valence-electron chi connectivity index (χ0n) is 11.8. The van der Waals surface area contributed by atoms with E-state index in [4.69, 9.17) is 4.74 Å². The molecule has 1 aliphatic heterocycles. The van der Waals surface area contributed by atoms with Crippen LogP contribution in [0.5, 0.6) is 5.75 Å². The summed E-state index contributed by atoms with van der Waals surface area (Å²) < 4.78 is 5.59. The van der Waals surface area contributed by atoms with E-state index >= 15 is 0 Å². The Bertz CT molecular complexity index is 465. The Labute approximate surface area is 118 Å². The van der Waals surface area contributed by atoms with Crippen molar-refractivity contribution in [3.05, 3.63) is 29.8 Å². The summed E-state index contributed by atoms with van der Waals surface area (Å²) in [5.74, 6) is 0.874. The van der Waals surface area contributed by atoms with Crippen LogP contribution >= 0.6 is 0 Å². The van der Waals surface area contributed by atoms with Crippen LogP contribution in [0, 0.1) is 5.92 Å². The first kappa shape index (κ1) is 14.8. The van der Waals surface area contributed by atoms with Gasteiger partial charge in [0.25, 0.3) is 5.91 Å². The standard InChI is InChI=1S/C15H21NO4/c1-10(2)9-20-12-5-3-4-11(6-12)15(19)16-7-13(17)14(18)8-16/h3-6,10,13-14,17-18H,7-9H2,1-2H3. The highest BCUT2D eigenvalue weighted by molar-refractivity contribution is 5.94. The van der Waals surface area contributed by atoms with Crippen LogP contribution < -0.4 is 4.74 Å². The molecule has 1 heterocycles. The number of carbonyl (C=O) groups excluding carboxylic acids is 1. The normalized spacial score (nSPS) is 22.4. The van der Waals surface area contributed by atoms with Crippen LogP contribution in [-0.2, 0) is 0 Å². The molecule has 110 valence electrons. The molecule has 0 radical (unpaired) electrons. The van der Waals surface area contributed by atoms with E-state index in [1.807, 2.05) is 6.07 Å². The molecule has 2 unspecified atom stereocenters. The van der Waals surface area contributed by atoms with Gasteiger partial charge in [-0.2, -0.15) is 0 Å². The summed E-state index contributed by atoms with van der Waals surface area (Å²) in [6.07, 6.45) is -1.72. The van der Waals surface area contributed by atoms with Crippen molar-refractivity contribution in [3.8, 4) is 5.75 Å². The number of benzene rings is 1. The number of aliphatic hydroxyl groups is 2. The molecule has 1 aromatic rings. The maximum Gasteiger partial charge on any atom is 0.254 e. The second-order valence-corrected chi connectivity index (χ2v) is 5.58. The number of amides is 1. The van der Waals surface area contributed by atoms with Crippen molar-refractivity contribution in [2.45, 2.75) is 26.1 Å². The van der Waals surface area contributed by atoms with Crippen LogP contribution in [-0.4, -0.2) is 52.9 Å². The molecule has 2 N–H and O–H groups in total. The van der Waals surface area contributed by atoms with Gasteiger partial charge >= 0.3 is 0 Å². The van der Waals surface area contributed by atoms with Gasteiger partial charge in [-0.1, -0.05) is 19.9 Å². The van der Waals surface area contributed by atoms with Gasteiger partial charge in [0.15, 0.2) is 0 Å². The van der Waals surface area contributed by atoms with E-state index in [-0.39, 0.29) is 19.0 Å². The first-order valence-corrected chi connectivity index (χ1v) is 6.85. The lowest BCUT2D eigenvalue weighted by atomic mass is 10.2. The molecule has 1 aliphatic rings. The fourth-order valence-corrected chi connectivity index (χ4v) is 2.10. The van der Waals surface area contributed by atoms with E-state index in [0.29, 0.717) is 23.8 Å². The molecule has 0 aromatic heterocycles. The molecule has 0 bridgehead atoms. The topological polar surface area (TPSA) is 70.0 Å². The zero-order chi connectivity index (χ0) is 14.7. The highest BCUT2D eigenvalue weighted by atomic mass is 16.5. The first-order valence-electron chi connectivity index (χ1n) is 6.85. The van der Waals surface area contributed by atoms with Gasteiger partial charge in [-0.25, -0.2) is 0 Å². The highest BCUT2D eigenvalue weighted by Crippen LogP contribution is 2.18. The number of carbonyl (C=O) groups is 1. The molecule has 2 rings (SSSR count). The Morgan fingerprint density at radius 3 is 2.60 bits per heavy atom. The van der Waals surface area contributed by atoms with Gasteiger partial charge in [-0.05, 0) is 24.1 Å². The number of rotatable bonds is 4. The molecular weight excluding hydrogens is 258 g/mol. The first-order chi connectivity index (χ1) is 9.47. The second-order valence-electron chi connectivity index (χ2n) is 5.58. The number of nitrogens with zero attached hydrogens (tertiary/aromatic N) is 1.